The molecule has 0 radical (unpaired) electrons. The molecule has 1 atom stereocenters. The maximum Gasteiger partial charge on any atom is 0.236 e. The normalized spacial score (nSPS) is 27.2. The Kier molecular flexibility index (Phi) is 3.36. The van der Waals surface area contributed by atoms with Crippen molar-refractivity contribution in [1.29, 1.82) is 0 Å². The van der Waals surface area contributed by atoms with E-state index in [1.165, 1.54) is 0 Å². The maximum atomic E-state index is 11.7. The lowest BCUT2D eigenvalue weighted by molar-refractivity contribution is -0.137. The van der Waals surface area contributed by atoms with E-state index in [2.05, 4.69) is 0 Å². The number of piperidine rings is 1. The van der Waals surface area contributed by atoms with E-state index in [0.717, 1.165) is 51.6 Å². The summed E-state index contributed by atoms with van der Waals surface area (Å²) in [7, 11) is 0. The lowest BCUT2D eigenvalue weighted by atomic mass is 10.0. The summed E-state index contributed by atoms with van der Waals surface area (Å²) in [4.78, 5) is 26.5. The highest BCUT2D eigenvalue weighted by molar-refractivity contribution is 5.79. The molecule has 0 spiro atoms. The molecule has 0 N–H and O–H groups in total. The molecule has 0 saturated carbocycles. The van der Waals surface area contributed by atoms with E-state index >= 15 is 0 Å². The Hall–Kier alpha value is -0.900. The molecule has 4 heteroatoms. The smallest absolute Gasteiger partial charge is 0.236 e. The second kappa shape index (κ2) is 4.75. The van der Waals surface area contributed by atoms with Crippen molar-refractivity contribution in [3.8, 4) is 0 Å². The molecule has 0 aromatic carbocycles. The van der Waals surface area contributed by atoms with Crippen molar-refractivity contribution in [3.63, 3.8) is 0 Å². The molecule has 2 aliphatic rings. The molecule has 15 heavy (non-hydrogen) atoms. The van der Waals surface area contributed by atoms with Crippen molar-refractivity contribution in [2.45, 2.75) is 31.7 Å². The fraction of sp³-hybridized carbons (Fsp3) is 0.818. The summed E-state index contributed by atoms with van der Waals surface area (Å²) in [6.07, 6.45) is 5.25. The van der Waals surface area contributed by atoms with Crippen LogP contribution >= 0.6 is 0 Å². The summed E-state index contributed by atoms with van der Waals surface area (Å²) in [6.45, 7) is 3.13. The molecule has 0 bridgehead atoms. The van der Waals surface area contributed by atoms with Gasteiger partial charge < -0.3 is 9.69 Å². The monoisotopic (exact) mass is 210 g/mol. The second-order valence-electron chi connectivity index (χ2n) is 4.40. The van der Waals surface area contributed by atoms with E-state index in [1.807, 2.05) is 9.80 Å². The van der Waals surface area contributed by atoms with Gasteiger partial charge in [0.15, 0.2) is 0 Å². The van der Waals surface area contributed by atoms with Gasteiger partial charge in [0.2, 0.25) is 5.91 Å². The van der Waals surface area contributed by atoms with Crippen molar-refractivity contribution in [1.82, 2.24) is 9.80 Å². The maximum absolute atomic E-state index is 11.7. The van der Waals surface area contributed by atoms with Gasteiger partial charge in [-0.25, -0.2) is 0 Å². The lowest BCUT2D eigenvalue weighted by Gasteiger charge is -2.36. The average Bonchev–Trinajstić information content (AvgIpc) is 2.15. The first-order chi connectivity index (χ1) is 7.31. The van der Waals surface area contributed by atoms with Gasteiger partial charge in [-0.1, -0.05) is 6.42 Å². The third kappa shape index (κ3) is 2.37. The highest BCUT2D eigenvalue weighted by atomic mass is 16.2. The van der Waals surface area contributed by atoms with Crippen molar-refractivity contribution < 1.29 is 9.59 Å². The number of rotatable bonds is 3. The Morgan fingerprint density at radius 3 is 2.60 bits per heavy atom. The van der Waals surface area contributed by atoms with Crippen LogP contribution in [0, 0.1) is 0 Å². The standard InChI is InChI=1S/C11H18N2O2/c14-9-10-4-1-2-5-13(10)8-11(15)12-6-3-7-12/h9-10H,1-8H2. The van der Waals surface area contributed by atoms with E-state index in [0.29, 0.717) is 6.54 Å². The van der Waals surface area contributed by atoms with Crippen molar-refractivity contribution in [3.05, 3.63) is 0 Å². The van der Waals surface area contributed by atoms with E-state index in [1.54, 1.807) is 0 Å². The van der Waals surface area contributed by atoms with Gasteiger partial charge in [-0.15, -0.1) is 0 Å². The van der Waals surface area contributed by atoms with Gasteiger partial charge in [-0.05, 0) is 25.8 Å². The SMILES string of the molecule is O=CC1CCCCN1CC(=O)N1CCC1. The quantitative estimate of drug-likeness (QED) is 0.628. The van der Waals surface area contributed by atoms with E-state index < -0.39 is 0 Å². The Balaban J connectivity index is 1.85. The molecule has 2 aliphatic heterocycles. The van der Waals surface area contributed by atoms with Crippen LogP contribution in [-0.4, -0.2) is 54.2 Å². The molecule has 0 aromatic heterocycles. The van der Waals surface area contributed by atoms with Crippen molar-refractivity contribution in [2.75, 3.05) is 26.2 Å². The zero-order chi connectivity index (χ0) is 10.7. The van der Waals surface area contributed by atoms with Crippen LogP contribution in [0.1, 0.15) is 25.7 Å². The van der Waals surface area contributed by atoms with E-state index in [-0.39, 0.29) is 11.9 Å². The molecule has 2 heterocycles. The Morgan fingerprint density at radius 1 is 1.20 bits per heavy atom. The molecule has 2 fully saturated rings. The first kappa shape index (κ1) is 10.6. The van der Waals surface area contributed by atoms with Gasteiger partial charge >= 0.3 is 0 Å². The third-order valence-electron chi connectivity index (χ3n) is 3.37. The molecule has 2 rings (SSSR count). The number of nitrogens with zero attached hydrogens (tertiary/aromatic N) is 2. The second-order valence-corrected chi connectivity index (χ2v) is 4.40. The van der Waals surface area contributed by atoms with Crippen LogP contribution in [0.15, 0.2) is 0 Å². The predicted octanol–water partition coefficient (Wildman–Crippen LogP) is 0.272. The minimum Gasteiger partial charge on any atom is -0.341 e. The number of carbonyl (C=O) groups is 2. The van der Waals surface area contributed by atoms with Crippen LogP contribution in [0.4, 0.5) is 0 Å². The predicted molar refractivity (Wildman–Crippen MR) is 56.5 cm³/mol. The van der Waals surface area contributed by atoms with Gasteiger partial charge in [0.25, 0.3) is 0 Å². The molecular formula is C11H18N2O2. The van der Waals surface area contributed by atoms with E-state index in [9.17, 15) is 9.59 Å². The van der Waals surface area contributed by atoms with Crippen LogP contribution in [0.3, 0.4) is 0 Å². The highest BCUT2D eigenvalue weighted by Crippen LogP contribution is 2.16. The topological polar surface area (TPSA) is 40.6 Å². The van der Waals surface area contributed by atoms with Gasteiger partial charge in [-0.3, -0.25) is 9.69 Å². The molecular weight excluding hydrogens is 192 g/mol. The highest BCUT2D eigenvalue weighted by Gasteiger charge is 2.27. The van der Waals surface area contributed by atoms with Gasteiger partial charge in [0, 0.05) is 13.1 Å². The molecule has 84 valence electrons. The molecule has 1 amide bonds. The Morgan fingerprint density at radius 2 is 2.00 bits per heavy atom. The van der Waals surface area contributed by atoms with Crippen LogP contribution in [0.5, 0.6) is 0 Å². The van der Waals surface area contributed by atoms with Gasteiger partial charge in [0.05, 0.1) is 12.6 Å². The summed E-state index contributed by atoms with van der Waals surface area (Å²) in [5.74, 6) is 0.190. The largest absolute Gasteiger partial charge is 0.341 e. The molecule has 2 saturated heterocycles. The summed E-state index contributed by atoms with van der Waals surface area (Å²) in [5, 5.41) is 0. The minimum absolute atomic E-state index is 0.0241. The summed E-state index contributed by atoms with van der Waals surface area (Å²) < 4.78 is 0. The number of hydrogen-bond acceptors (Lipinski definition) is 3. The molecule has 0 aromatic rings. The summed E-state index contributed by atoms with van der Waals surface area (Å²) in [5.41, 5.74) is 0. The number of likely N-dealkylation sites (tertiary alicyclic amines) is 2. The third-order valence-corrected chi connectivity index (χ3v) is 3.37. The van der Waals surface area contributed by atoms with Crippen molar-refractivity contribution in [2.24, 2.45) is 0 Å². The molecule has 1 unspecified atom stereocenters. The first-order valence-electron chi connectivity index (χ1n) is 5.78. The molecule has 0 aliphatic carbocycles. The zero-order valence-electron chi connectivity index (χ0n) is 9.02. The van der Waals surface area contributed by atoms with Crippen LogP contribution in [-0.2, 0) is 9.59 Å². The minimum atomic E-state index is -0.0241. The fourth-order valence-electron chi connectivity index (χ4n) is 2.21. The number of amides is 1. The van der Waals surface area contributed by atoms with Crippen LogP contribution in [0.25, 0.3) is 0 Å². The fourth-order valence-corrected chi connectivity index (χ4v) is 2.21. The number of carbonyl (C=O) groups excluding carboxylic acids is 2. The van der Waals surface area contributed by atoms with Gasteiger partial charge in [-0.2, -0.15) is 0 Å². The van der Waals surface area contributed by atoms with Crippen molar-refractivity contribution >= 4 is 12.2 Å². The summed E-state index contributed by atoms with van der Waals surface area (Å²) in [6, 6.07) is -0.0241. The average molecular weight is 210 g/mol. The van der Waals surface area contributed by atoms with E-state index in [4.69, 9.17) is 0 Å². The number of hydrogen-bond donors (Lipinski definition) is 0. The first-order valence-corrected chi connectivity index (χ1v) is 5.78. The van der Waals surface area contributed by atoms with Crippen LogP contribution < -0.4 is 0 Å². The zero-order valence-corrected chi connectivity index (χ0v) is 9.02. The lowest BCUT2D eigenvalue weighted by Crippen LogP contribution is -2.50. The Bertz CT molecular complexity index is 251. The molecule has 4 nitrogen and oxygen atoms in total. The Labute approximate surface area is 90.2 Å². The van der Waals surface area contributed by atoms with Gasteiger partial charge in [0.1, 0.15) is 6.29 Å². The number of aldehydes is 1. The van der Waals surface area contributed by atoms with Crippen LogP contribution in [0.2, 0.25) is 0 Å². The summed E-state index contributed by atoms with van der Waals surface area (Å²) >= 11 is 0.